The van der Waals surface area contributed by atoms with E-state index in [0.717, 1.165) is 22.2 Å². The number of aromatic nitrogens is 2. The SMILES string of the molecule is Cn1cc(NS(=O)(=O)c2cc(Br)sc2Cl)c(C(F)F)n1. The van der Waals surface area contributed by atoms with E-state index in [1.54, 1.807) is 0 Å². The molecule has 1 N–H and O–H groups in total. The van der Waals surface area contributed by atoms with Crippen LogP contribution in [0.2, 0.25) is 4.34 Å². The average molecular weight is 407 g/mol. The summed E-state index contributed by atoms with van der Waals surface area (Å²) < 4.78 is 53.5. The molecule has 2 heterocycles. The fraction of sp³-hybridized carbons (Fsp3) is 0.222. The van der Waals surface area contributed by atoms with Crippen LogP contribution in [0.3, 0.4) is 0 Å². The summed E-state index contributed by atoms with van der Waals surface area (Å²) in [5, 5.41) is 3.52. The van der Waals surface area contributed by atoms with Crippen LogP contribution in [0.25, 0.3) is 0 Å². The van der Waals surface area contributed by atoms with Crippen LogP contribution >= 0.6 is 38.9 Å². The maximum Gasteiger partial charge on any atom is 0.284 e. The van der Waals surface area contributed by atoms with Gasteiger partial charge < -0.3 is 0 Å². The van der Waals surface area contributed by atoms with Crippen LogP contribution in [0.4, 0.5) is 14.5 Å². The van der Waals surface area contributed by atoms with Crippen LogP contribution in [0, 0.1) is 0 Å². The monoisotopic (exact) mass is 405 g/mol. The minimum Gasteiger partial charge on any atom is -0.276 e. The van der Waals surface area contributed by atoms with E-state index in [4.69, 9.17) is 11.6 Å². The van der Waals surface area contributed by atoms with E-state index in [1.165, 1.54) is 13.1 Å². The number of rotatable bonds is 4. The lowest BCUT2D eigenvalue weighted by Gasteiger charge is -2.06. The van der Waals surface area contributed by atoms with E-state index in [9.17, 15) is 17.2 Å². The maximum atomic E-state index is 12.8. The Morgan fingerprint density at radius 2 is 2.20 bits per heavy atom. The molecule has 2 aromatic heterocycles. The maximum absolute atomic E-state index is 12.8. The molecule has 2 rings (SSSR count). The van der Waals surface area contributed by atoms with Crippen molar-refractivity contribution in [2.45, 2.75) is 11.3 Å². The second-order valence-corrected chi connectivity index (χ2v) is 8.38. The lowest BCUT2D eigenvalue weighted by atomic mass is 10.4. The third-order valence-electron chi connectivity index (χ3n) is 2.22. The number of hydrogen-bond donors (Lipinski definition) is 1. The number of anilines is 1. The van der Waals surface area contributed by atoms with Crippen molar-refractivity contribution in [3.05, 3.63) is 26.1 Å². The van der Waals surface area contributed by atoms with Crippen LogP contribution in [0.5, 0.6) is 0 Å². The predicted octanol–water partition coefficient (Wildman–Crippen LogP) is 3.64. The van der Waals surface area contributed by atoms with E-state index in [2.05, 4.69) is 25.8 Å². The first-order chi connectivity index (χ1) is 9.20. The van der Waals surface area contributed by atoms with Crippen molar-refractivity contribution in [3.63, 3.8) is 0 Å². The number of halogens is 4. The molecule has 0 amide bonds. The molecular formula is C9H7BrClF2N3O2S2. The number of sulfonamides is 1. The minimum atomic E-state index is -4.05. The highest BCUT2D eigenvalue weighted by Crippen LogP contribution is 2.36. The van der Waals surface area contributed by atoms with Gasteiger partial charge in [-0.3, -0.25) is 9.40 Å². The molecule has 20 heavy (non-hydrogen) atoms. The summed E-state index contributed by atoms with van der Waals surface area (Å²) in [4.78, 5) is -0.180. The van der Waals surface area contributed by atoms with Gasteiger partial charge in [0.2, 0.25) is 0 Å². The van der Waals surface area contributed by atoms with Crippen LogP contribution in [-0.2, 0) is 17.1 Å². The number of alkyl halides is 2. The second-order valence-electron chi connectivity index (χ2n) is 3.70. The first-order valence-corrected chi connectivity index (χ1v) is 8.47. The third-order valence-corrected chi connectivity index (χ3v) is 5.72. The molecular weight excluding hydrogens is 400 g/mol. The first-order valence-electron chi connectivity index (χ1n) is 5.00. The molecule has 0 aliphatic heterocycles. The van der Waals surface area contributed by atoms with Gasteiger partial charge in [-0.2, -0.15) is 5.10 Å². The van der Waals surface area contributed by atoms with Crippen LogP contribution in [-0.4, -0.2) is 18.2 Å². The van der Waals surface area contributed by atoms with Gasteiger partial charge in [-0.25, -0.2) is 17.2 Å². The third kappa shape index (κ3) is 3.13. The average Bonchev–Trinajstić information content (AvgIpc) is 2.81. The predicted molar refractivity (Wildman–Crippen MR) is 76.0 cm³/mol. The zero-order valence-electron chi connectivity index (χ0n) is 9.77. The fourth-order valence-electron chi connectivity index (χ4n) is 1.45. The summed E-state index contributed by atoms with van der Waals surface area (Å²) in [5.41, 5.74) is -0.914. The van der Waals surface area contributed by atoms with Gasteiger partial charge in [-0.15, -0.1) is 11.3 Å². The summed E-state index contributed by atoms with van der Waals surface area (Å²) in [6, 6.07) is 1.30. The molecule has 0 spiro atoms. The number of thiophene rings is 1. The Morgan fingerprint density at radius 1 is 1.55 bits per heavy atom. The summed E-state index contributed by atoms with van der Waals surface area (Å²) in [7, 11) is -2.64. The van der Waals surface area contributed by atoms with Crippen molar-refractivity contribution in [2.24, 2.45) is 7.05 Å². The number of nitrogens with one attached hydrogen (secondary N) is 1. The largest absolute Gasteiger partial charge is 0.284 e. The fourth-order valence-corrected chi connectivity index (χ4v) is 5.29. The Bertz CT molecular complexity index is 744. The molecule has 0 bridgehead atoms. The highest BCUT2D eigenvalue weighted by Gasteiger charge is 2.25. The van der Waals surface area contributed by atoms with Gasteiger partial charge in [0.1, 0.15) is 9.23 Å². The first kappa shape index (κ1) is 15.7. The van der Waals surface area contributed by atoms with Crippen molar-refractivity contribution >= 4 is 54.6 Å². The molecule has 11 heteroatoms. The van der Waals surface area contributed by atoms with Gasteiger partial charge in [-0.1, -0.05) is 11.6 Å². The van der Waals surface area contributed by atoms with E-state index in [0.29, 0.717) is 3.79 Å². The Labute approximate surface area is 130 Å². The molecule has 0 unspecified atom stereocenters. The molecule has 0 aliphatic carbocycles. The molecule has 2 aromatic rings. The van der Waals surface area contributed by atoms with E-state index in [1.807, 2.05) is 0 Å². The molecule has 0 aliphatic rings. The summed E-state index contributed by atoms with van der Waals surface area (Å²) in [5.74, 6) is 0. The summed E-state index contributed by atoms with van der Waals surface area (Å²) in [6.07, 6.45) is -1.73. The normalized spacial score (nSPS) is 12.1. The number of nitrogens with zero attached hydrogens (tertiary/aromatic N) is 2. The Kier molecular flexibility index (Phi) is 4.38. The molecule has 0 aromatic carbocycles. The lowest BCUT2D eigenvalue weighted by molar-refractivity contribution is 0.146. The van der Waals surface area contributed by atoms with E-state index in [-0.39, 0.29) is 14.9 Å². The summed E-state index contributed by atoms with van der Waals surface area (Å²) in [6.45, 7) is 0. The van der Waals surface area contributed by atoms with Crippen molar-refractivity contribution in [1.29, 1.82) is 0 Å². The molecule has 0 atom stereocenters. The van der Waals surface area contributed by atoms with Gasteiger partial charge in [0.05, 0.1) is 9.47 Å². The summed E-state index contributed by atoms with van der Waals surface area (Å²) >= 11 is 9.93. The van der Waals surface area contributed by atoms with Gasteiger partial charge in [0.15, 0.2) is 5.69 Å². The minimum absolute atomic E-state index is 0.0341. The van der Waals surface area contributed by atoms with Gasteiger partial charge >= 0.3 is 0 Å². The van der Waals surface area contributed by atoms with Crippen molar-refractivity contribution in [2.75, 3.05) is 4.72 Å². The lowest BCUT2D eigenvalue weighted by Crippen LogP contribution is -2.13. The molecule has 0 saturated heterocycles. The zero-order chi connectivity index (χ0) is 15.1. The molecule has 0 radical (unpaired) electrons. The van der Waals surface area contributed by atoms with Gasteiger partial charge in [0.25, 0.3) is 16.4 Å². The Hall–Kier alpha value is -0.710. The highest BCUT2D eigenvalue weighted by atomic mass is 79.9. The van der Waals surface area contributed by atoms with Crippen LogP contribution in [0.1, 0.15) is 12.1 Å². The van der Waals surface area contributed by atoms with Crippen molar-refractivity contribution in [1.82, 2.24) is 9.78 Å². The van der Waals surface area contributed by atoms with Gasteiger partial charge in [-0.05, 0) is 22.0 Å². The quantitative estimate of drug-likeness (QED) is 0.843. The second kappa shape index (κ2) is 5.58. The highest BCUT2D eigenvalue weighted by molar-refractivity contribution is 9.11. The van der Waals surface area contributed by atoms with Crippen LogP contribution < -0.4 is 4.72 Å². The van der Waals surface area contributed by atoms with Gasteiger partial charge in [0, 0.05) is 13.2 Å². The van der Waals surface area contributed by atoms with Crippen molar-refractivity contribution < 1.29 is 17.2 Å². The molecule has 0 saturated carbocycles. The van der Waals surface area contributed by atoms with E-state index >= 15 is 0 Å². The smallest absolute Gasteiger partial charge is 0.276 e. The Balaban J connectivity index is 2.41. The van der Waals surface area contributed by atoms with E-state index < -0.39 is 22.1 Å². The number of aryl methyl sites for hydroxylation is 1. The zero-order valence-corrected chi connectivity index (χ0v) is 13.7. The van der Waals surface area contributed by atoms with Crippen molar-refractivity contribution in [3.8, 4) is 0 Å². The molecule has 110 valence electrons. The topological polar surface area (TPSA) is 64.0 Å². The Morgan fingerprint density at radius 3 is 2.70 bits per heavy atom. The number of hydrogen-bond acceptors (Lipinski definition) is 4. The van der Waals surface area contributed by atoms with Crippen LogP contribution in [0.15, 0.2) is 20.9 Å². The molecule has 5 nitrogen and oxygen atoms in total. The molecule has 0 fully saturated rings. The standard InChI is InChI=1S/C9H7BrClF2N3O2S2/c1-16-3-4(7(14-16)9(12)13)15-20(17,18)5-2-6(10)19-8(5)11/h2-3,9,15H,1H3.